The first-order valence-corrected chi connectivity index (χ1v) is 7.18. The number of hydrogen-bond acceptors (Lipinski definition) is 3. The van der Waals surface area contributed by atoms with Crippen molar-refractivity contribution in [3.8, 4) is 0 Å². The third-order valence-electron chi connectivity index (χ3n) is 3.05. The first-order chi connectivity index (χ1) is 9.65. The highest BCUT2D eigenvalue weighted by Crippen LogP contribution is 2.17. The van der Waals surface area contributed by atoms with E-state index in [1.54, 1.807) is 21.5 Å². The van der Waals surface area contributed by atoms with Gasteiger partial charge in [-0.3, -0.25) is 9.13 Å². The van der Waals surface area contributed by atoms with Crippen molar-refractivity contribution < 1.29 is 0 Å². The summed E-state index contributed by atoms with van der Waals surface area (Å²) in [6, 6.07) is 3.66. The standard InChI is InChI=1S/C14H19ClN4O/c1-3-7-16-13-6-5-11(15)12(17-13)10-19-9-8-18(4-2)14(19)20/h5-6,8-9H,3-4,7,10H2,1-2H3,(H,16,17). The molecule has 2 rings (SSSR count). The van der Waals surface area contributed by atoms with Crippen LogP contribution in [0.5, 0.6) is 0 Å². The maximum Gasteiger partial charge on any atom is 0.328 e. The van der Waals surface area contributed by atoms with Gasteiger partial charge in [0.2, 0.25) is 0 Å². The summed E-state index contributed by atoms with van der Waals surface area (Å²) in [5.74, 6) is 0.786. The number of halogens is 1. The first kappa shape index (κ1) is 14.7. The zero-order valence-electron chi connectivity index (χ0n) is 11.8. The summed E-state index contributed by atoms with van der Waals surface area (Å²) in [5, 5.41) is 3.79. The average molecular weight is 295 g/mol. The smallest absolute Gasteiger partial charge is 0.328 e. The normalized spacial score (nSPS) is 10.8. The van der Waals surface area contributed by atoms with Crippen LogP contribution in [-0.4, -0.2) is 20.7 Å². The molecule has 2 heterocycles. The summed E-state index contributed by atoms with van der Waals surface area (Å²) in [5.41, 5.74) is 0.654. The largest absolute Gasteiger partial charge is 0.370 e. The Balaban J connectivity index is 2.23. The number of rotatable bonds is 6. The molecule has 0 aliphatic carbocycles. The van der Waals surface area contributed by atoms with Gasteiger partial charge >= 0.3 is 5.69 Å². The highest BCUT2D eigenvalue weighted by atomic mass is 35.5. The fourth-order valence-electron chi connectivity index (χ4n) is 1.92. The summed E-state index contributed by atoms with van der Waals surface area (Å²) in [6.45, 7) is 5.93. The molecule has 0 aromatic carbocycles. The molecule has 0 aliphatic rings. The molecule has 6 heteroatoms. The van der Waals surface area contributed by atoms with Gasteiger partial charge in [-0.1, -0.05) is 18.5 Å². The molecule has 20 heavy (non-hydrogen) atoms. The summed E-state index contributed by atoms with van der Waals surface area (Å²) >= 11 is 6.16. The maximum absolute atomic E-state index is 12.0. The Bertz CT molecular complexity index is 632. The molecule has 5 nitrogen and oxygen atoms in total. The quantitative estimate of drug-likeness (QED) is 0.891. The number of imidazole rings is 1. The molecule has 0 fully saturated rings. The van der Waals surface area contributed by atoms with E-state index >= 15 is 0 Å². The molecule has 0 spiro atoms. The Kier molecular flexibility index (Phi) is 4.84. The molecular formula is C14H19ClN4O. The van der Waals surface area contributed by atoms with Crippen molar-refractivity contribution >= 4 is 17.4 Å². The van der Waals surface area contributed by atoms with Gasteiger partial charge in [-0.2, -0.15) is 0 Å². The molecule has 2 aromatic rings. The minimum Gasteiger partial charge on any atom is -0.370 e. The van der Waals surface area contributed by atoms with Gasteiger partial charge in [0, 0.05) is 25.5 Å². The van der Waals surface area contributed by atoms with E-state index in [0.29, 0.717) is 23.8 Å². The monoisotopic (exact) mass is 294 g/mol. The van der Waals surface area contributed by atoms with E-state index in [0.717, 1.165) is 18.8 Å². The Morgan fingerprint density at radius 2 is 2.00 bits per heavy atom. The highest BCUT2D eigenvalue weighted by molar-refractivity contribution is 6.31. The minimum atomic E-state index is -0.0442. The summed E-state index contributed by atoms with van der Waals surface area (Å²) in [4.78, 5) is 16.5. The summed E-state index contributed by atoms with van der Waals surface area (Å²) in [7, 11) is 0. The van der Waals surface area contributed by atoms with Crippen molar-refractivity contribution in [1.82, 2.24) is 14.1 Å². The first-order valence-electron chi connectivity index (χ1n) is 6.80. The van der Waals surface area contributed by atoms with Crippen molar-refractivity contribution in [3.05, 3.63) is 45.7 Å². The van der Waals surface area contributed by atoms with E-state index in [2.05, 4.69) is 17.2 Å². The molecule has 0 unspecified atom stereocenters. The summed E-state index contributed by atoms with van der Waals surface area (Å²) in [6.07, 6.45) is 4.56. The molecule has 108 valence electrons. The molecule has 0 bridgehead atoms. The zero-order chi connectivity index (χ0) is 14.5. The molecule has 0 amide bonds. The predicted molar refractivity (Wildman–Crippen MR) is 81.5 cm³/mol. The molecule has 2 aromatic heterocycles. The second-order valence-corrected chi connectivity index (χ2v) is 4.95. The van der Waals surface area contributed by atoms with E-state index in [4.69, 9.17) is 11.6 Å². The van der Waals surface area contributed by atoms with E-state index in [1.807, 2.05) is 19.1 Å². The van der Waals surface area contributed by atoms with E-state index in [9.17, 15) is 4.79 Å². The van der Waals surface area contributed by atoms with Gasteiger partial charge in [0.1, 0.15) is 5.82 Å². The number of nitrogens with zero attached hydrogens (tertiary/aromatic N) is 3. The van der Waals surface area contributed by atoms with Gasteiger partial charge in [-0.15, -0.1) is 0 Å². The van der Waals surface area contributed by atoms with Crippen molar-refractivity contribution in [2.75, 3.05) is 11.9 Å². The topological polar surface area (TPSA) is 51.9 Å². The SMILES string of the molecule is CCCNc1ccc(Cl)c(Cn2ccn(CC)c2=O)n1. The molecule has 0 aliphatic heterocycles. The van der Waals surface area contributed by atoms with Crippen LogP contribution in [0.3, 0.4) is 0 Å². The van der Waals surface area contributed by atoms with Crippen LogP contribution in [0.15, 0.2) is 29.3 Å². The van der Waals surface area contributed by atoms with Crippen LogP contribution >= 0.6 is 11.6 Å². The molecule has 0 saturated carbocycles. The third kappa shape index (κ3) is 3.22. The van der Waals surface area contributed by atoms with Gasteiger partial charge in [-0.05, 0) is 25.5 Å². The Morgan fingerprint density at radius 3 is 2.65 bits per heavy atom. The number of aryl methyl sites for hydroxylation is 1. The highest BCUT2D eigenvalue weighted by Gasteiger charge is 2.08. The van der Waals surface area contributed by atoms with Crippen LogP contribution in [0.2, 0.25) is 5.02 Å². The van der Waals surface area contributed by atoms with E-state index < -0.39 is 0 Å². The average Bonchev–Trinajstić information content (AvgIpc) is 2.80. The van der Waals surface area contributed by atoms with Gasteiger partial charge in [0.05, 0.1) is 17.3 Å². The summed E-state index contributed by atoms with van der Waals surface area (Å²) < 4.78 is 3.26. The lowest BCUT2D eigenvalue weighted by atomic mass is 10.3. The van der Waals surface area contributed by atoms with Crippen molar-refractivity contribution in [2.24, 2.45) is 0 Å². The lowest BCUT2D eigenvalue weighted by Crippen LogP contribution is -2.24. The van der Waals surface area contributed by atoms with Crippen LogP contribution in [-0.2, 0) is 13.1 Å². The lowest BCUT2D eigenvalue weighted by molar-refractivity contribution is 0.662. The fraction of sp³-hybridized carbons (Fsp3) is 0.429. The molecule has 0 saturated heterocycles. The number of anilines is 1. The molecule has 0 radical (unpaired) electrons. The predicted octanol–water partition coefficient (Wildman–Crippen LogP) is 2.59. The zero-order valence-corrected chi connectivity index (χ0v) is 12.5. The number of aromatic nitrogens is 3. The van der Waals surface area contributed by atoms with Gasteiger partial charge in [0.15, 0.2) is 0 Å². The van der Waals surface area contributed by atoms with Gasteiger partial charge < -0.3 is 5.32 Å². The second-order valence-electron chi connectivity index (χ2n) is 4.55. The van der Waals surface area contributed by atoms with Crippen LogP contribution in [0, 0.1) is 0 Å². The molecular weight excluding hydrogens is 276 g/mol. The van der Waals surface area contributed by atoms with Gasteiger partial charge in [-0.25, -0.2) is 9.78 Å². The van der Waals surface area contributed by atoms with Crippen molar-refractivity contribution in [1.29, 1.82) is 0 Å². The van der Waals surface area contributed by atoms with E-state index in [1.165, 1.54) is 0 Å². The molecule has 1 N–H and O–H groups in total. The van der Waals surface area contributed by atoms with Crippen molar-refractivity contribution in [2.45, 2.75) is 33.4 Å². The van der Waals surface area contributed by atoms with E-state index in [-0.39, 0.29) is 5.69 Å². The Hall–Kier alpha value is -1.75. The van der Waals surface area contributed by atoms with Gasteiger partial charge in [0.25, 0.3) is 0 Å². The lowest BCUT2D eigenvalue weighted by Gasteiger charge is -2.08. The third-order valence-corrected chi connectivity index (χ3v) is 3.40. The van der Waals surface area contributed by atoms with Crippen LogP contribution < -0.4 is 11.0 Å². The van der Waals surface area contributed by atoms with Crippen LogP contribution in [0.1, 0.15) is 26.0 Å². The number of pyridine rings is 1. The maximum atomic E-state index is 12.0. The van der Waals surface area contributed by atoms with Crippen LogP contribution in [0.4, 0.5) is 5.82 Å². The Morgan fingerprint density at radius 1 is 1.25 bits per heavy atom. The minimum absolute atomic E-state index is 0.0442. The fourth-order valence-corrected chi connectivity index (χ4v) is 2.09. The molecule has 0 atom stereocenters. The second kappa shape index (κ2) is 6.61. The van der Waals surface area contributed by atoms with Crippen molar-refractivity contribution in [3.63, 3.8) is 0 Å². The number of nitrogens with one attached hydrogen (secondary N) is 1. The Labute approximate surface area is 123 Å². The van der Waals surface area contributed by atoms with Crippen LogP contribution in [0.25, 0.3) is 0 Å². The number of hydrogen-bond donors (Lipinski definition) is 1.